The summed E-state index contributed by atoms with van der Waals surface area (Å²) in [5, 5.41) is 11.1. The minimum atomic E-state index is -3.95. The lowest BCUT2D eigenvalue weighted by Crippen LogP contribution is -2.49. The Morgan fingerprint density at radius 3 is 2.36 bits per heavy atom. The summed E-state index contributed by atoms with van der Waals surface area (Å²) in [6.45, 7) is 2.15. The van der Waals surface area contributed by atoms with Gasteiger partial charge in [-0.3, -0.25) is 15.0 Å². The Bertz CT molecular complexity index is 946. The van der Waals surface area contributed by atoms with Crippen LogP contribution in [0.4, 0.5) is 10.1 Å². The number of ether oxygens (including phenoxy) is 1. The number of piperazine rings is 1. The van der Waals surface area contributed by atoms with Crippen LogP contribution in [0.5, 0.6) is 5.75 Å². The second kappa shape index (κ2) is 8.63. The van der Waals surface area contributed by atoms with E-state index in [4.69, 9.17) is 4.74 Å². The van der Waals surface area contributed by atoms with E-state index in [2.05, 4.69) is 0 Å². The van der Waals surface area contributed by atoms with Gasteiger partial charge in [-0.1, -0.05) is 24.3 Å². The highest BCUT2D eigenvalue weighted by atomic mass is 32.2. The minimum Gasteiger partial charge on any atom is -0.489 e. The molecule has 0 spiro atoms. The Morgan fingerprint density at radius 1 is 1.04 bits per heavy atom. The van der Waals surface area contributed by atoms with Crippen molar-refractivity contribution in [3.8, 4) is 5.75 Å². The standard InChI is InChI=1S/C18H20FN3O5S/c19-15-5-1-3-7-17(15)27-14-13-20-9-11-21(12-10-20)28(25,26)18-8-4-2-6-16(18)22(23)24/h1-8H,9-14H2. The molecule has 28 heavy (non-hydrogen) atoms. The molecular weight excluding hydrogens is 389 g/mol. The van der Waals surface area contributed by atoms with Crippen LogP contribution < -0.4 is 4.74 Å². The lowest BCUT2D eigenvalue weighted by atomic mass is 10.3. The maximum atomic E-state index is 13.5. The Balaban J connectivity index is 1.56. The van der Waals surface area contributed by atoms with Crippen molar-refractivity contribution in [1.29, 1.82) is 0 Å². The van der Waals surface area contributed by atoms with E-state index in [0.29, 0.717) is 19.6 Å². The molecule has 1 aliphatic heterocycles. The number of nitro benzene ring substituents is 1. The van der Waals surface area contributed by atoms with Gasteiger partial charge in [0.1, 0.15) is 6.61 Å². The number of rotatable bonds is 7. The lowest BCUT2D eigenvalue weighted by molar-refractivity contribution is -0.387. The van der Waals surface area contributed by atoms with E-state index >= 15 is 0 Å². The van der Waals surface area contributed by atoms with Gasteiger partial charge in [-0.25, -0.2) is 12.8 Å². The van der Waals surface area contributed by atoms with Gasteiger partial charge in [0.15, 0.2) is 16.5 Å². The highest BCUT2D eigenvalue weighted by molar-refractivity contribution is 7.89. The molecule has 150 valence electrons. The molecule has 8 nitrogen and oxygen atoms in total. The van der Waals surface area contributed by atoms with Crippen LogP contribution in [0.25, 0.3) is 0 Å². The van der Waals surface area contributed by atoms with Crippen molar-refractivity contribution in [2.45, 2.75) is 4.90 Å². The number of halogens is 1. The maximum absolute atomic E-state index is 13.5. The molecule has 2 aromatic rings. The highest BCUT2D eigenvalue weighted by Gasteiger charge is 2.33. The molecule has 0 atom stereocenters. The van der Waals surface area contributed by atoms with Gasteiger partial charge in [0, 0.05) is 38.8 Å². The van der Waals surface area contributed by atoms with Gasteiger partial charge in [0.2, 0.25) is 10.0 Å². The van der Waals surface area contributed by atoms with Crippen LogP contribution in [-0.4, -0.2) is 61.9 Å². The van der Waals surface area contributed by atoms with Crippen LogP contribution in [0, 0.1) is 15.9 Å². The molecule has 2 aromatic carbocycles. The molecule has 0 aromatic heterocycles. The molecule has 0 aliphatic carbocycles. The Kier molecular flexibility index (Phi) is 6.22. The zero-order valence-corrected chi connectivity index (χ0v) is 15.8. The first-order valence-corrected chi connectivity index (χ1v) is 10.2. The summed E-state index contributed by atoms with van der Waals surface area (Å²) < 4.78 is 45.8. The predicted molar refractivity (Wildman–Crippen MR) is 100 cm³/mol. The van der Waals surface area contributed by atoms with E-state index < -0.39 is 26.5 Å². The smallest absolute Gasteiger partial charge is 0.289 e. The van der Waals surface area contributed by atoms with Crippen molar-refractivity contribution in [1.82, 2.24) is 9.21 Å². The second-order valence-electron chi connectivity index (χ2n) is 6.25. The molecule has 1 saturated heterocycles. The van der Waals surface area contributed by atoms with Crippen LogP contribution in [0.2, 0.25) is 0 Å². The van der Waals surface area contributed by atoms with Crippen LogP contribution in [-0.2, 0) is 10.0 Å². The monoisotopic (exact) mass is 409 g/mol. The predicted octanol–water partition coefficient (Wildman–Crippen LogP) is 2.12. The number of nitrogens with zero attached hydrogens (tertiary/aromatic N) is 3. The van der Waals surface area contributed by atoms with Gasteiger partial charge >= 0.3 is 0 Å². The average Bonchev–Trinajstić information content (AvgIpc) is 2.70. The third-order valence-corrected chi connectivity index (χ3v) is 6.46. The van der Waals surface area contributed by atoms with Crippen molar-refractivity contribution in [2.24, 2.45) is 0 Å². The summed E-state index contributed by atoms with van der Waals surface area (Å²) in [5.74, 6) is -0.247. The molecule has 0 unspecified atom stereocenters. The normalized spacial score (nSPS) is 16.0. The van der Waals surface area contributed by atoms with Crippen molar-refractivity contribution in [2.75, 3.05) is 39.3 Å². The summed E-state index contributed by atoms with van der Waals surface area (Å²) >= 11 is 0. The van der Waals surface area contributed by atoms with Crippen LogP contribution in [0.15, 0.2) is 53.4 Å². The molecule has 10 heteroatoms. The molecule has 0 bridgehead atoms. The average molecular weight is 409 g/mol. The third-order valence-electron chi connectivity index (χ3n) is 4.51. The van der Waals surface area contributed by atoms with Gasteiger partial charge in [0.05, 0.1) is 4.92 Å². The SMILES string of the molecule is O=[N+]([O-])c1ccccc1S(=O)(=O)N1CCN(CCOc2ccccc2F)CC1. The number of sulfonamides is 1. The molecule has 1 heterocycles. The highest BCUT2D eigenvalue weighted by Crippen LogP contribution is 2.26. The first-order valence-electron chi connectivity index (χ1n) is 8.73. The number of hydrogen-bond donors (Lipinski definition) is 0. The van der Waals surface area contributed by atoms with Crippen LogP contribution >= 0.6 is 0 Å². The van der Waals surface area contributed by atoms with E-state index in [9.17, 15) is 22.9 Å². The summed E-state index contributed by atoms with van der Waals surface area (Å²) in [7, 11) is -3.95. The zero-order chi connectivity index (χ0) is 20.1. The molecule has 3 rings (SSSR count). The minimum absolute atomic E-state index is 0.181. The Labute approximate surface area is 162 Å². The van der Waals surface area contributed by atoms with Crippen molar-refractivity contribution >= 4 is 15.7 Å². The fourth-order valence-corrected chi connectivity index (χ4v) is 4.58. The molecule has 0 radical (unpaired) electrons. The van der Waals surface area contributed by atoms with E-state index in [1.54, 1.807) is 18.2 Å². The van der Waals surface area contributed by atoms with E-state index in [-0.39, 0.29) is 30.3 Å². The van der Waals surface area contributed by atoms with E-state index in [1.807, 2.05) is 4.90 Å². The van der Waals surface area contributed by atoms with Gasteiger partial charge < -0.3 is 4.74 Å². The van der Waals surface area contributed by atoms with E-state index in [0.717, 1.165) is 0 Å². The van der Waals surface area contributed by atoms with Gasteiger partial charge in [-0.05, 0) is 18.2 Å². The first-order chi connectivity index (χ1) is 13.4. The maximum Gasteiger partial charge on any atom is 0.289 e. The van der Waals surface area contributed by atoms with Crippen LogP contribution in [0.1, 0.15) is 0 Å². The van der Waals surface area contributed by atoms with Crippen LogP contribution in [0.3, 0.4) is 0 Å². The van der Waals surface area contributed by atoms with Crippen molar-refractivity contribution < 1.29 is 22.5 Å². The summed E-state index contributed by atoms with van der Waals surface area (Å²) in [5.41, 5.74) is -0.428. The summed E-state index contributed by atoms with van der Waals surface area (Å²) in [6, 6.07) is 11.5. The molecule has 1 aliphatic rings. The summed E-state index contributed by atoms with van der Waals surface area (Å²) in [4.78, 5) is 12.2. The largest absolute Gasteiger partial charge is 0.489 e. The zero-order valence-electron chi connectivity index (χ0n) is 15.0. The third kappa shape index (κ3) is 4.46. The van der Waals surface area contributed by atoms with Gasteiger partial charge in [0.25, 0.3) is 5.69 Å². The number of para-hydroxylation sites is 2. The molecular formula is C18H20FN3O5S. The van der Waals surface area contributed by atoms with Gasteiger partial charge in [-0.2, -0.15) is 4.31 Å². The van der Waals surface area contributed by atoms with E-state index in [1.165, 1.54) is 34.6 Å². The number of hydrogen-bond acceptors (Lipinski definition) is 6. The molecule has 0 amide bonds. The first kappa shape index (κ1) is 20.2. The van der Waals surface area contributed by atoms with Gasteiger partial charge in [-0.15, -0.1) is 0 Å². The topological polar surface area (TPSA) is 93.0 Å². The quantitative estimate of drug-likeness (QED) is 0.514. The lowest BCUT2D eigenvalue weighted by Gasteiger charge is -2.33. The number of nitro groups is 1. The molecule has 0 saturated carbocycles. The molecule has 1 fully saturated rings. The number of benzene rings is 2. The fourth-order valence-electron chi connectivity index (χ4n) is 3.01. The fraction of sp³-hybridized carbons (Fsp3) is 0.333. The summed E-state index contributed by atoms with van der Waals surface area (Å²) in [6.07, 6.45) is 0. The molecule has 0 N–H and O–H groups in total. The van der Waals surface area contributed by atoms with Crippen molar-refractivity contribution in [3.63, 3.8) is 0 Å². The Morgan fingerprint density at radius 2 is 1.68 bits per heavy atom. The second-order valence-corrected chi connectivity index (χ2v) is 8.16. The van der Waals surface area contributed by atoms with Crippen molar-refractivity contribution in [3.05, 3.63) is 64.5 Å². The Hall–Kier alpha value is -2.56.